The fourth-order valence-electron chi connectivity index (χ4n) is 2.63. The van der Waals surface area contributed by atoms with Gasteiger partial charge in [0.1, 0.15) is 18.1 Å². The van der Waals surface area contributed by atoms with E-state index in [0.717, 1.165) is 5.56 Å². The van der Waals surface area contributed by atoms with Crippen molar-refractivity contribution in [3.8, 4) is 11.5 Å². The zero-order chi connectivity index (χ0) is 17.0. The highest BCUT2D eigenvalue weighted by molar-refractivity contribution is 5.86. The lowest BCUT2D eigenvalue weighted by atomic mass is 10.0. The molecule has 1 aromatic carbocycles. The van der Waals surface area contributed by atoms with Crippen LogP contribution < -0.4 is 9.47 Å². The molecule has 0 bridgehead atoms. The summed E-state index contributed by atoms with van der Waals surface area (Å²) < 4.78 is 20.4. The second-order valence-corrected chi connectivity index (χ2v) is 5.26. The van der Waals surface area contributed by atoms with Gasteiger partial charge < -0.3 is 23.8 Å². The van der Waals surface area contributed by atoms with Gasteiger partial charge in [-0.15, -0.1) is 0 Å². The van der Waals surface area contributed by atoms with Crippen LogP contribution >= 0.6 is 0 Å². The van der Waals surface area contributed by atoms with Crippen molar-refractivity contribution in [2.75, 3.05) is 35.0 Å². The SMILES string of the molecule is COCC(=O)O[C@@H]1C[C@H](c2cc(OC)cc(OC)c2)N(C)C1=O. The molecule has 0 N–H and O–H groups in total. The Kier molecular flexibility index (Phi) is 5.44. The van der Waals surface area contributed by atoms with Crippen LogP contribution in [0.1, 0.15) is 18.0 Å². The highest BCUT2D eigenvalue weighted by Gasteiger charge is 2.40. The lowest BCUT2D eigenvalue weighted by Gasteiger charge is -2.20. The summed E-state index contributed by atoms with van der Waals surface area (Å²) in [5.41, 5.74) is 0.863. The Hall–Kier alpha value is -2.28. The largest absolute Gasteiger partial charge is 0.497 e. The van der Waals surface area contributed by atoms with E-state index in [4.69, 9.17) is 18.9 Å². The number of benzene rings is 1. The zero-order valence-corrected chi connectivity index (χ0v) is 13.7. The van der Waals surface area contributed by atoms with Crippen LogP contribution in [-0.2, 0) is 19.1 Å². The van der Waals surface area contributed by atoms with Crippen molar-refractivity contribution in [1.29, 1.82) is 0 Å². The molecular weight excluding hydrogens is 302 g/mol. The van der Waals surface area contributed by atoms with Crippen molar-refractivity contribution >= 4 is 11.9 Å². The van der Waals surface area contributed by atoms with E-state index in [9.17, 15) is 9.59 Å². The van der Waals surface area contributed by atoms with Gasteiger partial charge in [-0.2, -0.15) is 0 Å². The summed E-state index contributed by atoms with van der Waals surface area (Å²) in [7, 11) is 6.22. The minimum Gasteiger partial charge on any atom is -0.497 e. The fraction of sp³-hybridized carbons (Fsp3) is 0.500. The first-order valence-corrected chi connectivity index (χ1v) is 7.18. The number of ether oxygens (including phenoxy) is 4. The fourth-order valence-corrected chi connectivity index (χ4v) is 2.63. The van der Waals surface area contributed by atoms with Crippen LogP contribution in [0, 0.1) is 0 Å². The summed E-state index contributed by atoms with van der Waals surface area (Å²) in [6, 6.07) is 5.23. The molecule has 0 unspecified atom stereocenters. The first kappa shape index (κ1) is 17.1. The van der Waals surface area contributed by atoms with Crippen LogP contribution in [0.4, 0.5) is 0 Å². The number of likely N-dealkylation sites (N-methyl/N-ethyl adjacent to an activating group) is 1. The number of hydrogen-bond donors (Lipinski definition) is 0. The number of carbonyl (C=O) groups excluding carboxylic acids is 2. The molecule has 1 aliphatic rings. The van der Waals surface area contributed by atoms with E-state index in [0.29, 0.717) is 17.9 Å². The van der Waals surface area contributed by atoms with Gasteiger partial charge in [-0.1, -0.05) is 0 Å². The molecule has 7 heteroatoms. The van der Waals surface area contributed by atoms with Crippen LogP contribution in [0.15, 0.2) is 18.2 Å². The van der Waals surface area contributed by atoms with E-state index >= 15 is 0 Å². The smallest absolute Gasteiger partial charge is 0.332 e. The number of amides is 1. The average Bonchev–Trinajstić information content (AvgIpc) is 2.83. The predicted molar refractivity (Wildman–Crippen MR) is 81.4 cm³/mol. The standard InChI is InChI=1S/C16H21NO6/c1-17-13(8-14(16(17)19)23-15(18)9-20-2)10-5-11(21-3)7-12(6-10)22-4/h5-7,13-14H,8-9H2,1-4H3/t13-,14-/m1/s1. The molecule has 1 heterocycles. The molecule has 0 saturated carbocycles. The van der Waals surface area contributed by atoms with Crippen molar-refractivity contribution in [1.82, 2.24) is 4.90 Å². The van der Waals surface area contributed by atoms with Crippen LogP contribution in [0.2, 0.25) is 0 Å². The Bertz CT molecular complexity index is 566. The first-order valence-electron chi connectivity index (χ1n) is 7.18. The predicted octanol–water partition coefficient (Wildman–Crippen LogP) is 1.17. The van der Waals surface area contributed by atoms with Gasteiger partial charge in [-0.05, 0) is 17.7 Å². The van der Waals surface area contributed by atoms with E-state index in [2.05, 4.69) is 0 Å². The third kappa shape index (κ3) is 3.73. The number of hydrogen-bond acceptors (Lipinski definition) is 6. The molecule has 1 aliphatic heterocycles. The molecule has 1 saturated heterocycles. The summed E-state index contributed by atoms with van der Waals surface area (Å²) in [5, 5.41) is 0. The van der Waals surface area contributed by atoms with Gasteiger partial charge in [0, 0.05) is 26.6 Å². The first-order chi connectivity index (χ1) is 11.0. The quantitative estimate of drug-likeness (QED) is 0.732. The van der Waals surface area contributed by atoms with Gasteiger partial charge in [0.05, 0.1) is 20.3 Å². The summed E-state index contributed by atoms with van der Waals surface area (Å²) in [6.07, 6.45) is -0.425. The maximum Gasteiger partial charge on any atom is 0.332 e. The molecule has 0 aromatic heterocycles. The molecule has 1 fully saturated rings. The zero-order valence-electron chi connectivity index (χ0n) is 13.7. The average molecular weight is 323 g/mol. The van der Waals surface area contributed by atoms with Gasteiger partial charge in [-0.3, -0.25) is 4.79 Å². The molecule has 1 aromatic rings. The Morgan fingerprint density at radius 1 is 1.17 bits per heavy atom. The van der Waals surface area contributed by atoms with E-state index in [1.165, 1.54) is 7.11 Å². The number of carbonyl (C=O) groups is 2. The topological polar surface area (TPSA) is 74.3 Å². The third-order valence-corrected chi connectivity index (χ3v) is 3.82. The molecule has 126 valence electrons. The maximum atomic E-state index is 12.3. The van der Waals surface area contributed by atoms with Crippen LogP contribution in [0.3, 0.4) is 0 Å². The van der Waals surface area contributed by atoms with Crippen LogP contribution in [0.25, 0.3) is 0 Å². The number of nitrogens with zero attached hydrogens (tertiary/aromatic N) is 1. The Labute approximate surface area is 135 Å². The van der Waals surface area contributed by atoms with Gasteiger partial charge in [0.2, 0.25) is 0 Å². The monoisotopic (exact) mass is 323 g/mol. The normalized spacial score (nSPS) is 20.5. The minimum absolute atomic E-state index is 0.175. The number of likely N-dealkylation sites (tertiary alicyclic amines) is 1. The van der Waals surface area contributed by atoms with Crippen molar-refractivity contribution < 1.29 is 28.5 Å². The van der Waals surface area contributed by atoms with Gasteiger partial charge in [-0.25, -0.2) is 4.79 Å². The van der Waals surface area contributed by atoms with Gasteiger partial charge in [0.25, 0.3) is 5.91 Å². The lowest BCUT2D eigenvalue weighted by Crippen LogP contribution is -2.30. The molecule has 0 radical (unpaired) electrons. The Morgan fingerprint density at radius 2 is 1.78 bits per heavy atom. The summed E-state index contributed by atoms with van der Waals surface area (Å²) >= 11 is 0. The van der Waals surface area contributed by atoms with Crippen molar-refractivity contribution in [2.24, 2.45) is 0 Å². The molecule has 0 spiro atoms. The minimum atomic E-state index is -0.801. The molecule has 23 heavy (non-hydrogen) atoms. The molecule has 0 aliphatic carbocycles. The molecule has 1 amide bonds. The van der Waals surface area contributed by atoms with E-state index in [1.807, 2.05) is 12.1 Å². The summed E-state index contributed by atoms with van der Waals surface area (Å²) in [5.74, 6) is 0.490. The third-order valence-electron chi connectivity index (χ3n) is 3.82. The van der Waals surface area contributed by atoms with Crippen molar-refractivity contribution in [3.63, 3.8) is 0 Å². The van der Waals surface area contributed by atoms with Crippen LogP contribution in [-0.4, -0.2) is 57.9 Å². The van der Waals surface area contributed by atoms with E-state index < -0.39 is 12.1 Å². The maximum absolute atomic E-state index is 12.3. The lowest BCUT2D eigenvalue weighted by molar-refractivity contribution is -0.159. The van der Waals surface area contributed by atoms with E-state index in [1.54, 1.807) is 32.2 Å². The van der Waals surface area contributed by atoms with Crippen LogP contribution in [0.5, 0.6) is 11.5 Å². The second-order valence-electron chi connectivity index (χ2n) is 5.26. The Morgan fingerprint density at radius 3 is 2.30 bits per heavy atom. The molecular formula is C16H21NO6. The summed E-state index contributed by atoms with van der Waals surface area (Å²) in [6.45, 7) is -0.175. The Balaban J connectivity index is 2.20. The molecule has 2 atom stereocenters. The highest BCUT2D eigenvalue weighted by atomic mass is 16.6. The second kappa shape index (κ2) is 7.32. The highest BCUT2D eigenvalue weighted by Crippen LogP contribution is 2.36. The number of methoxy groups -OCH3 is 3. The van der Waals surface area contributed by atoms with Crippen molar-refractivity contribution in [3.05, 3.63) is 23.8 Å². The van der Waals surface area contributed by atoms with Crippen molar-refractivity contribution in [2.45, 2.75) is 18.6 Å². The number of rotatable bonds is 6. The molecule has 2 rings (SSSR count). The van der Waals surface area contributed by atoms with Gasteiger partial charge >= 0.3 is 5.97 Å². The number of esters is 1. The molecule has 7 nitrogen and oxygen atoms in total. The van der Waals surface area contributed by atoms with Gasteiger partial charge in [0.15, 0.2) is 6.10 Å². The summed E-state index contributed by atoms with van der Waals surface area (Å²) in [4.78, 5) is 25.4. The van der Waals surface area contributed by atoms with E-state index in [-0.39, 0.29) is 18.6 Å².